The molecule has 4 rings (SSSR count). The van der Waals surface area contributed by atoms with Crippen molar-refractivity contribution in [1.82, 2.24) is 0 Å². The molecule has 1 fully saturated rings. The Kier molecular flexibility index (Phi) is 8.82. The molecule has 0 aliphatic heterocycles. The molecular weight excluding hydrogens is 437 g/mol. The fraction of sp³-hybridized carbons (Fsp3) is 0.208. The minimum atomic E-state index is -0.556. The number of hydrogen-bond donors (Lipinski definition) is 1. The van der Waals surface area contributed by atoms with Crippen LogP contribution in [0.4, 0.5) is 5.69 Å². The van der Waals surface area contributed by atoms with Crippen molar-refractivity contribution in [3.05, 3.63) is 83.9 Å². The van der Waals surface area contributed by atoms with Gasteiger partial charge in [0.1, 0.15) is 5.75 Å². The molecule has 5 heteroatoms. The Morgan fingerprint density at radius 1 is 0.862 bits per heavy atom. The number of rotatable bonds is 4. The summed E-state index contributed by atoms with van der Waals surface area (Å²) in [6.45, 7) is 0. The van der Waals surface area contributed by atoms with Crippen molar-refractivity contribution in [2.24, 2.45) is 4.99 Å². The standard InChI is InChI=1S/C24H23NO.2ClH.Ti/c26-24-21(17-25-22-13-5-2-6-14-22)15-20(18-9-3-1-4-10-18)16-23(24)19-11-7-8-12-19;;;/h1-6,9-10,13-17,19,26H,7-8,11-12H2;2*1H;/q;;;+2/p-2. The zero-order chi connectivity index (χ0) is 20.5. The van der Waals surface area contributed by atoms with Gasteiger partial charge in [0, 0.05) is 11.8 Å². The Hall–Kier alpha value is -1.58. The van der Waals surface area contributed by atoms with E-state index in [9.17, 15) is 5.11 Å². The van der Waals surface area contributed by atoms with Crippen molar-refractivity contribution in [3.63, 3.8) is 0 Å². The van der Waals surface area contributed by atoms with Crippen LogP contribution in [0.2, 0.25) is 0 Å². The number of phenolic OH excluding ortho intramolecular Hbond substituents is 1. The zero-order valence-corrected chi connectivity index (χ0v) is 19.1. The molecule has 0 atom stereocenters. The van der Waals surface area contributed by atoms with Crippen LogP contribution in [-0.4, -0.2) is 11.3 Å². The third-order valence-electron chi connectivity index (χ3n) is 5.18. The van der Waals surface area contributed by atoms with Gasteiger partial charge in [-0.05, 0) is 59.7 Å². The quantitative estimate of drug-likeness (QED) is 0.312. The van der Waals surface area contributed by atoms with Crippen molar-refractivity contribution in [1.29, 1.82) is 0 Å². The molecule has 1 aliphatic carbocycles. The summed E-state index contributed by atoms with van der Waals surface area (Å²) in [5.74, 6) is 0.832. The Morgan fingerprint density at radius 2 is 1.45 bits per heavy atom. The average molecular weight is 460 g/mol. The molecule has 0 unspecified atom stereocenters. The van der Waals surface area contributed by atoms with E-state index in [-0.39, 0.29) is 0 Å². The first-order valence-electron chi connectivity index (χ1n) is 9.70. The molecule has 3 aromatic carbocycles. The summed E-state index contributed by atoms with van der Waals surface area (Å²) in [5.41, 5.74) is 5.05. The van der Waals surface area contributed by atoms with Crippen molar-refractivity contribution in [2.45, 2.75) is 31.6 Å². The first kappa shape index (κ1) is 22.1. The van der Waals surface area contributed by atoms with Crippen molar-refractivity contribution in [2.75, 3.05) is 0 Å². The maximum atomic E-state index is 10.9. The second-order valence-corrected chi connectivity index (χ2v) is 9.60. The molecule has 2 nitrogen and oxygen atoms in total. The van der Waals surface area contributed by atoms with Gasteiger partial charge in [-0.25, -0.2) is 0 Å². The number of benzene rings is 3. The minimum absolute atomic E-state index is 0.385. The third kappa shape index (κ3) is 6.20. The third-order valence-corrected chi connectivity index (χ3v) is 5.18. The van der Waals surface area contributed by atoms with E-state index in [2.05, 4.69) is 35.3 Å². The van der Waals surface area contributed by atoms with E-state index in [0.29, 0.717) is 11.7 Å². The van der Waals surface area contributed by atoms with E-state index >= 15 is 0 Å². The molecule has 1 saturated carbocycles. The Morgan fingerprint density at radius 3 is 2.07 bits per heavy atom. The van der Waals surface area contributed by atoms with Crippen LogP contribution in [0, 0.1) is 0 Å². The number of hydrogen-bond acceptors (Lipinski definition) is 2. The molecule has 148 valence electrons. The zero-order valence-electron chi connectivity index (χ0n) is 16.1. The summed E-state index contributed by atoms with van der Waals surface area (Å²) < 4.78 is 0. The number of para-hydroxylation sites is 1. The van der Waals surface area contributed by atoms with Crippen molar-refractivity contribution >= 4 is 30.5 Å². The van der Waals surface area contributed by atoms with Gasteiger partial charge in [-0.15, -0.1) is 0 Å². The molecular formula is C24H23Cl2NOTi. The number of phenols is 1. The first-order valence-corrected chi connectivity index (χ1v) is 14.0. The van der Waals surface area contributed by atoms with Gasteiger partial charge in [-0.1, -0.05) is 61.4 Å². The van der Waals surface area contributed by atoms with Crippen LogP contribution < -0.4 is 0 Å². The first-order chi connectivity index (χ1) is 14.2. The molecule has 1 aliphatic rings. The predicted octanol–water partition coefficient (Wildman–Crippen LogP) is 7.84. The maximum absolute atomic E-state index is 10.9. The number of aliphatic imine (C=N–C) groups is 1. The molecule has 0 radical (unpaired) electrons. The summed E-state index contributed by atoms with van der Waals surface area (Å²) in [6.07, 6.45) is 6.58. The van der Waals surface area contributed by atoms with Gasteiger partial charge < -0.3 is 5.11 Å². The molecule has 0 spiro atoms. The SMILES string of the molecule is Oc1c(C=Nc2ccccc2)cc(-c2ccccc2)cc1C1CCCC1.[Cl][Ti][Cl]. The number of nitrogens with zero attached hydrogens (tertiary/aromatic N) is 1. The van der Waals surface area contributed by atoms with Gasteiger partial charge in [-0.2, -0.15) is 0 Å². The van der Waals surface area contributed by atoms with E-state index in [0.717, 1.165) is 35.2 Å². The second kappa shape index (κ2) is 11.6. The fourth-order valence-electron chi connectivity index (χ4n) is 3.78. The van der Waals surface area contributed by atoms with E-state index in [1.54, 1.807) is 6.21 Å². The topological polar surface area (TPSA) is 32.6 Å². The van der Waals surface area contributed by atoms with E-state index < -0.39 is 17.0 Å². The van der Waals surface area contributed by atoms with Crippen molar-refractivity contribution < 1.29 is 22.1 Å². The summed E-state index contributed by atoms with van der Waals surface area (Å²) in [7, 11) is 9.78. The molecule has 0 amide bonds. The fourth-order valence-corrected chi connectivity index (χ4v) is 3.78. The summed E-state index contributed by atoms with van der Waals surface area (Å²) in [6, 6.07) is 24.4. The Bertz CT molecular complexity index is 926. The normalized spacial score (nSPS) is 13.9. The van der Waals surface area contributed by atoms with Gasteiger partial charge in [0.05, 0.1) is 5.69 Å². The molecule has 1 N–H and O–H groups in total. The van der Waals surface area contributed by atoms with E-state index in [4.69, 9.17) is 18.6 Å². The van der Waals surface area contributed by atoms with Crippen LogP contribution in [0.5, 0.6) is 5.75 Å². The number of halogens is 2. The molecule has 0 saturated heterocycles. The number of aromatic hydroxyl groups is 1. The van der Waals surface area contributed by atoms with Crippen LogP contribution in [0.15, 0.2) is 77.8 Å². The van der Waals surface area contributed by atoms with Gasteiger partial charge >= 0.3 is 35.6 Å². The predicted molar refractivity (Wildman–Crippen MR) is 120 cm³/mol. The Labute approximate surface area is 189 Å². The Balaban J connectivity index is 0.000000755. The van der Waals surface area contributed by atoms with E-state index in [1.165, 1.54) is 18.4 Å². The molecule has 0 aromatic heterocycles. The van der Waals surface area contributed by atoms with Crippen LogP contribution in [-0.2, 0) is 17.0 Å². The second-order valence-electron chi connectivity index (χ2n) is 7.02. The molecule has 29 heavy (non-hydrogen) atoms. The summed E-state index contributed by atoms with van der Waals surface area (Å²) >= 11 is -0.556. The van der Waals surface area contributed by atoms with Gasteiger partial charge in [0.15, 0.2) is 0 Å². The molecule has 0 heterocycles. The summed E-state index contributed by atoms with van der Waals surface area (Å²) in [4.78, 5) is 4.55. The van der Waals surface area contributed by atoms with Crippen LogP contribution in [0.25, 0.3) is 11.1 Å². The molecule has 3 aromatic rings. The monoisotopic (exact) mass is 459 g/mol. The average Bonchev–Trinajstić information content (AvgIpc) is 3.30. The van der Waals surface area contributed by atoms with Crippen molar-refractivity contribution in [3.8, 4) is 16.9 Å². The van der Waals surface area contributed by atoms with Gasteiger partial charge in [0.25, 0.3) is 0 Å². The molecule has 0 bridgehead atoms. The van der Waals surface area contributed by atoms with Crippen LogP contribution in [0.1, 0.15) is 42.7 Å². The van der Waals surface area contributed by atoms with Crippen LogP contribution in [0.3, 0.4) is 0 Å². The van der Waals surface area contributed by atoms with Crippen LogP contribution >= 0.6 is 18.6 Å². The van der Waals surface area contributed by atoms with Gasteiger partial charge in [0.2, 0.25) is 0 Å². The van der Waals surface area contributed by atoms with Gasteiger partial charge in [-0.3, -0.25) is 4.99 Å². The summed E-state index contributed by atoms with van der Waals surface area (Å²) in [5, 5.41) is 10.9. The van der Waals surface area contributed by atoms with E-state index in [1.807, 2.05) is 42.5 Å².